The molecular weight excluding hydrogens is 176 g/mol. The fourth-order valence-corrected chi connectivity index (χ4v) is 1.88. The first-order valence-electron chi connectivity index (χ1n) is 3.64. The number of nitrogens with two attached hydrogens (primary N) is 1. The lowest BCUT2D eigenvalue weighted by Crippen LogP contribution is -2.17. The third-order valence-electron chi connectivity index (χ3n) is 1.75. The Hall–Kier alpha value is -1.17. The van der Waals surface area contributed by atoms with Gasteiger partial charge in [0.1, 0.15) is 5.01 Å². The van der Waals surface area contributed by atoms with Crippen molar-refractivity contribution in [2.45, 2.75) is 18.9 Å². The van der Waals surface area contributed by atoms with E-state index in [1.807, 2.05) is 0 Å². The maximum absolute atomic E-state index is 10.8. The van der Waals surface area contributed by atoms with Gasteiger partial charge >= 0.3 is 0 Å². The van der Waals surface area contributed by atoms with E-state index >= 15 is 0 Å². The van der Waals surface area contributed by atoms with Gasteiger partial charge in [-0.15, -0.1) is 10.2 Å². The van der Waals surface area contributed by atoms with Crippen molar-refractivity contribution < 1.29 is 4.79 Å². The molecule has 1 saturated heterocycles. The zero-order valence-corrected chi connectivity index (χ0v) is 7.10. The van der Waals surface area contributed by atoms with E-state index in [-0.39, 0.29) is 11.9 Å². The number of hydrogen-bond donors (Lipinski definition) is 2. The molecule has 2 rings (SSSR count). The number of hydrogen-bond acceptors (Lipinski definition) is 5. The van der Waals surface area contributed by atoms with Crippen LogP contribution in [0.15, 0.2) is 0 Å². The Morgan fingerprint density at radius 2 is 2.42 bits per heavy atom. The fourth-order valence-electron chi connectivity index (χ4n) is 1.19. The summed E-state index contributed by atoms with van der Waals surface area (Å²) in [4.78, 5) is 10.8. The summed E-state index contributed by atoms with van der Waals surface area (Å²) in [6.07, 6.45) is 1.37. The Morgan fingerprint density at radius 1 is 1.58 bits per heavy atom. The number of nitrogens with one attached hydrogen (secondary N) is 1. The van der Waals surface area contributed by atoms with Crippen molar-refractivity contribution in [2.24, 2.45) is 0 Å². The second kappa shape index (κ2) is 2.71. The van der Waals surface area contributed by atoms with Gasteiger partial charge in [-0.05, 0) is 6.42 Å². The zero-order valence-electron chi connectivity index (χ0n) is 6.28. The first kappa shape index (κ1) is 7.48. The van der Waals surface area contributed by atoms with E-state index in [0.29, 0.717) is 11.6 Å². The van der Waals surface area contributed by atoms with Crippen LogP contribution in [0, 0.1) is 0 Å². The predicted octanol–water partition coefficient (Wildman–Crippen LogP) is 0.0714. The highest BCUT2D eigenvalue weighted by Gasteiger charge is 2.25. The normalized spacial score (nSPS) is 22.7. The average Bonchev–Trinajstić information content (AvgIpc) is 2.58. The van der Waals surface area contributed by atoms with Crippen LogP contribution in [-0.4, -0.2) is 16.1 Å². The molecule has 1 aliphatic rings. The molecule has 12 heavy (non-hydrogen) atoms. The van der Waals surface area contributed by atoms with Crippen LogP contribution < -0.4 is 11.1 Å². The first-order chi connectivity index (χ1) is 5.75. The van der Waals surface area contributed by atoms with Gasteiger partial charge in [0.15, 0.2) is 0 Å². The minimum absolute atomic E-state index is 0.0345. The summed E-state index contributed by atoms with van der Waals surface area (Å²) in [5.74, 6) is 0.0776. The molecule has 0 bridgehead atoms. The number of amides is 1. The molecule has 0 aromatic carbocycles. The van der Waals surface area contributed by atoms with Gasteiger partial charge in [0.25, 0.3) is 0 Å². The lowest BCUT2D eigenvalue weighted by molar-refractivity contribution is -0.119. The Kier molecular flexibility index (Phi) is 1.69. The van der Waals surface area contributed by atoms with Crippen LogP contribution in [0.25, 0.3) is 0 Å². The highest BCUT2D eigenvalue weighted by Crippen LogP contribution is 2.26. The van der Waals surface area contributed by atoms with Crippen LogP contribution in [0.5, 0.6) is 0 Å². The predicted molar refractivity (Wildman–Crippen MR) is 44.4 cm³/mol. The van der Waals surface area contributed by atoms with Gasteiger partial charge in [-0.3, -0.25) is 4.79 Å². The van der Waals surface area contributed by atoms with Crippen molar-refractivity contribution in [1.82, 2.24) is 15.5 Å². The van der Waals surface area contributed by atoms with E-state index in [0.717, 1.165) is 11.4 Å². The lowest BCUT2D eigenvalue weighted by atomic mass is 10.2. The smallest absolute Gasteiger partial charge is 0.220 e. The monoisotopic (exact) mass is 184 g/mol. The number of rotatable bonds is 1. The summed E-state index contributed by atoms with van der Waals surface area (Å²) in [5.41, 5.74) is 5.41. The number of carbonyl (C=O) groups is 1. The Labute approximate surface area is 73.0 Å². The van der Waals surface area contributed by atoms with Gasteiger partial charge in [-0.1, -0.05) is 11.3 Å². The maximum atomic E-state index is 10.8. The van der Waals surface area contributed by atoms with Crippen LogP contribution in [-0.2, 0) is 4.79 Å². The number of nitrogens with zero attached hydrogens (tertiary/aromatic N) is 2. The molecule has 1 aromatic rings. The fraction of sp³-hybridized carbons (Fsp3) is 0.500. The third kappa shape index (κ3) is 1.25. The molecule has 0 unspecified atom stereocenters. The minimum atomic E-state index is 0.0345. The molecular formula is C6H8N4OS. The van der Waals surface area contributed by atoms with E-state index in [1.165, 1.54) is 11.3 Å². The van der Waals surface area contributed by atoms with Crippen LogP contribution in [0.2, 0.25) is 0 Å². The molecule has 5 nitrogen and oxygen atoms in total. The van der Waals surface area contributed by atoms with E-state index < -0.39 is 0 Å². The van der Waals surface area contributed by atoms with Gasteiger partial charge in [0, 0.05) is 6.42 Å². The molecule has 1 fully saturated rings. The van der Waals surface area contributed by atoms with Crippen LogP contribution in [0.1, 0.15) is 23.9 Å². The number of nitrogen functional groups attached to an aromatic ring is 1. The Bertz CT molecular complexity index is 310. The van der Waals surface area contributed by atoms with Gasteiger partial charge < -0.3 is 11.1 Å². The third-order valence-corrected chi connectivity index (χ3v) is 2.62. The molecule has 2 heterocycles. The summed E-state index contributed by atoms with van der Waals surface area (Å²) in [5, 5.41) is 11.6. The van der Waals surface area contributed by atoms with Crippen molar-refractivity contribution in [2.75, 3.05) is 5.73 Å². The Balaban J connectivity index is 2.15. The van der Waals surface area contributed by atoms with Crippen LogP contribution >= 0.6 is 11.3 Å². The first-order valence-corrected chi connectivity index (χ1v) is 4.45. The Morgan fingerprint density at radius 3 is 2.92 bits per heavy atom. The standard InChI is InChI=1S/C6H8N4OS/c7-6-10-9-5(12-6)3-1-2-4(11)8-3/h3H,1-2H2,(H2,7,10)(H,8,11)/t3-/m0/s1. The average molecular weight is 184 g/mol. The van der Waals surface area contributed by atoms with Crippen LogP contribution in [0.4, 0.5) is 5.13 Å². The van der Waals surface area contributed by atoms with Crippen molar-refractivity contribution in [1.29, 1.82) is 0 Å². The van der Waals surface area contributed by atoms with E-state index in [1.54, 1.807) is 0 Å². The molecule has 64 valence electrons. The molecule has 1 amide bonds. The molecule has 0 spiro atoms. The van der Waals surface area contributed by atoms with Crippen molar-refractivity contribution >= 4 is 22.4 Å². The van der Waals surface area contributed by atoms with Gasteiger partial charge in [0.2, 0.25) is 11.0 Å². The van der Waals surface area contributed by atoms with Crippen molar-refractivity contribution in [3.8, 4) is 0 Å². The molecule has 1 atom stereocenters. The highest BCUT2D eigenvalue weighted by atomic mass is 32.1. The van der Waals surface area contributed by atoms with Gasteiger partial charge in [-0.2, -0.15) is 0 Å². The summed E-state index contributed by atoms with van der Waals surface area (Å²) in [6, 6.07) is 0.0345. The largest absolute Gasteiger partial charge is 0.374 e. The highest BCUT2D eigenvalue weighted by molar-refractivity contribution is 7.15. The van der Waals surface area contributed by atoms with E-state index in [9.17, 15) is 4.79 Å². The zero-order chi connectivity index (χ0) is 8.55. The summed E-state index contributed by atoms with van der Waals surface area (Å²) in [7, 11) is 0. The summed E-state index contributed by atoms with van der Waals surface area (Å²) >= 11 is 1.33. The van der Waals surface area contributed by atoms with Gasteiger partial charge in [0.05, 0.1) is 6.04 Å². The number of aromatic nitrogens is 2. The van der Waals surface area contributed by atoms with Crippen molar-refractivity contribution in [3.63, 3.8) is 0 Å². The molecule has 1 aromatic heterocycles. The van der Waals surface area contributed by atoms with Crippen molar-refractivity contribution in [3.05, 3.63) is 5.01 Å². The van der Waals surface area contributed by atoms with Crippen LogP contribution in [0.3, 0.4) is 0 Å². The summed E-state index contributed by atoms with van der Waals surface area (Å²) < 4.78 is 0. The lowest BCUT2D eigenvalue weighted by Gasteiger charge is -2.02. The molecule has 0 radical (unpaired) electrons. The topological polar surface area (TPSA) is 80.9 Å². The number of carbonyl (C=O) groups excluding carboxylic acids is 1. The molecule has 0 aliphatic carbocycles. The van der Waals surface area contributed by atoms with E-state index in [2.05, 4.69) is 15.5 Å². The second-order valence-electron chi connectivity index (χ2n) is 2.64. The molecule has 6 heteroatoms. The minimum Gasteiger partial charge on any atom is -0.374 e. The quantitative estimate of drug-likeness (QED) is 0.647. The molecule has 1 aliphatic heterocycles. The second-order valence-corrected chi connectivity index (χ2v) is 3.68. The van der Waals surface area contributed by atoms with Gasteiger partial charge in [-0.25, -0.2) is 0 Å². The molecule has 0 saturated carbocycles. The summed E-state index contributed by atoms with van der Waals surface area (Å²) in [6.45, 7) is 0. The van der Waals surface area contributed by atoms with E-state index in [4.69, 9.17) is 5.73 Å². The number of anilines is 1. The SMILES string of the molecule is Nc1nnc([C@@H]2CCC(=O)N2)s1. The maximum Gasteiger partial charge on any atom is 0.220 e. The molecule has 3 N–H and O–H groups in total.